The van der Waals surface area contributed by atoms with Gasteiger partial charge in [-0.15, -0.1) is 0 Å². The Morgan fingerprint density at radius 2 is 1.80 bits per heavy atom. The summed E-state index contributed by atoms with van der Waals surface area (Å²) in [6, 6.07) is 0. The molecule has 1 rings (SSSR count). The van der Waals surface area contributed by atoms with Crippen LogP contribution in [0.15, 0.2) is 0 Å². The highest BCUT2D eigenvalue weighted by Crippen LogP contribution is 2.15. The highest BCUT2D eigenvalue weighted by atomic mass is 16.7. The van der Waals surface area contributed by atoms with Crippen molar-refractivity contribution < 1.29 is 9.47 Å². The molecule has 0 N–H and O–H groups in total. The Kier molecular flexibility index (Phi) is 5.03. The summed E-state index contributed by atoms with van der Waals surface area (Å²) < 4.78 is 11.0. The molecule has 0 spiro atoms. The predicted octanol–water partition coefficient (Wildman–Crippen LogP) is 2.12. The molecule has 1 aliphatic heterocycles. The van der Waals surface area contributed by atoms with Gasteiger partial charge < -0.3 is 14.4 Å². The molecule has 0 atom stereocenters. The summed E-state index contributed by atoms with van der Waals surface area (Å²) >= 11 is 0. The van der Waals surface area contributed by atoms with E-state index in [4.69, 9.17) is 9.47 Å². The van der Waals surface area contributed by atoms with Gasteiger partial charge in [0.05, 0.1) is 13.2 Å². The topological polar surface area (TPSA) is 21.7 Å². The molecule has 1 heterocycles. The van der Waals surface area contributed by atoms with Crippen LogP contribution in [0.25, 0.3) is 0 Å². The van der Waals surface area contributed by atoms with E-state index in [-0.39, 0.29) is 6.29 Å². The van der Waals surface area contributed by atoms with Crippen LogP contribution in [0.5, 0.6) is 0 Å². The maximum absolute atomic E-state index is 5.51. The lowest BCUT2D eigenvalue weighted by atomic mass is 9.96. The van der Waals surface area contributed by atoms with E-state index >= 15 is 0 Å². The molecule has 1 fully saturated rings. The lowest BCUT2D eigenvalue weighted by Gasteiger charge is -2.29. The minimum Gasteiger partial charge on any atom is -0.353 e. The maximum Gasteiger partial charge on any atom is 0.158 e. The van der Waals surface area contributed by atoms with Crippen LogP contribution in [-0.4, -0.2) is 44.5 Å². The van der Waals surface area contributed by atoms with Gasteiger partial charge in [-0.05, 0) is 18.9 Å². The monoisotopic (exact) mass is 215 g/mol. The summed E-state index contributed by atoms with van der Waals surface area (Å²) in [7, 11) is 2.16. The molecule has 3 heteroatoms. The van der Waals surface area contributed by atoms with Gasteiger partial charge in [0.1, 0.15) is 0 Å². The van der Waals surface area contributed by atoms with Gasteiger partial charge in [-0.25, -0.2) is 0 Å². The minimum absolute atomic E-state index is 0.0289. The van der Waals surface area contributed by atoms with E-state index in [1.54, 1.807) is 0 Å². The average Bonchev–Trinajstić information content (AvgIpc) is 2.14. The Morgan fingerprint density at radius 1 is 1.20 bits per heavy atom. The molecule has 1 aliphatic rings. The molecule has 15 heavy (non-hydrogen) atoms. The first kappa shape index (κ1) is 12.9. The second-order valence-electron chi connectivity index (χ2n) is 5.61. The summed E-state index contributed by atoms with van der Waals surface area (Å²) in [5.41, 5.74) is 0.364. The van der Waals surface area contributed by atoms with Crippen molar-refractivity contribution in [2.24, 2.45) is 5.41 Å². The molecular formula is C12H25NO2. The van der Waals surface area contributed by atoms with Crippen LogP contribution in [-0.2, 0) is 9.47 Å². The van der Waals surface area contributed by atoms with E-state index < -0.39 is 0 Å². The molecule has 90 valence electrons. The molecule has 1 saturated heterocycles. The zero-order chi connectivity index (χ0) is 11.3. The van der Waals surface area contributed by atoms with Crippen LogP contribution in [0.3, 0.4) is 0 Å². The summed E-state index contributed by atoms with van der Waals surface area (Å²) in [5, 5.41) is 0. The third-order valence-corrected chi connectivity index (χ3v) is 2.39. The number of ether oxygens (including phenoxy) is 2. The van der Waals surface area contributed by atoms with Crippen molar-refractivity contribution in [1.82, 2.24) is 4.90 Å². The molecule has 0 aliphatic carbocycles. The van der Waals surface area contributed by atoms with Crippen molar-refractivity contribution in [3.05, 3.63) is 0 Å². The predicted molar refractivity (Wildman–Crippen MR) is 61.9 cm³/mol. The fourth-order valence-corrected chi connectivity index (χ4v) is 1.92. The second kappa shape index (κ2) is 5.83. The van der Waals surface area contributed by atoms with Crippen molar-refractivity contribution in [2.45, 2.75) is 39.9 Å². The molecule has 3 nitrogen and oxygen atoms in total. The fourth-order valence-electron chi connectivity index (χ4n) is 1.92. The van der Waals surface area contributed by atoms with Gasteiger partial charge in [0.15, 0.2) is 6.29 Å². The van der Waals surface area contributed by atoms with Gasteiger partial charge in [-0.1, -0.05) is 20.8 Å². The van der Waals surface area contributed by atoms with E-state index in [0.717, 1.165) is 39.1 Å². The molecule has 0 bridgehead atoms. The average molecular weight is 215 g/mol. The van der Waals surface area contributed by atoms with Gasteiger partial charge in [0, 0.05) is 19.5 Å². The normalized spacial score (nSPS) is 19.8. The lowest BCUT2D eigenvalue weighted by Crippen LogP contribution is -2.34. The van der Waals surface area contributed by atoms with Gasteiger partial charge in [0.2, 0.25) is 0 Å². The number of rotatable bonds is 4. The first-order chi connectivity index (χ1) is 6.97. The first-order valence-corrected chi connectivity index (χ1v) is 5.89. The first-order valence-electron chi connectivity index (χ1n) is 5.89. The van der Waals surface area contributed by atoms with Crippen LogP contribution in [0.2, 0.25) is 0 Å². The molecule has 0 aromatic rings. The SMILES string of the molecule is CN(CCC1OCCCO1)CC(C)(C)C. The Morgan fingerprint density at radius 3 is 2.33 bits per heavy atom. The molecule has 0 saturated carbocycles. The number of nitrogens with zero attached hydrogens (tertiary/aromatic N) is 1. The van der Waals surface area contributed by atoms with Crippen molar-refractivity contribution in [3.8, 4) is 0 Å². The largest absolute Gasteiger partial charge is 0.353 e. The van der Waals surface area contributed by atoms with Crippen LogP contribution < -0.4 is 0 Å². The standard InChI is InChI=1S/C12H25NO2/c1-12(2,3)10-13(4)7-6-11-14-8-5-9-15-11/h11H,5-10H2,1-4H3. The molecule has 0 unspecified atom stereocenters. The fraction of sp³-hybridized carbons (Fsp3) is 1.00. The van der Waals surface area contributed by atoms with E-state index in [2.05, 4.69) is 32.7 Å². The van der Waals surface area contributed by atoms with E-state index in [0.29, 0.717) is 5.41 Å². The van der Waals surface area contributed by atoms with E-state index in [9.17, 15) is 0 Å². The molecule has 0 radical (unpaired) electrons. The van der Waals surface area contributed by atoms with Crippen molar-refractivity contribution >= 4 is 0 Å². The second-order valence-corrected chi connectivity index (χ2v) is 5.61. The molecule has 0 aromatic heterocycles. The molecule has 0 amide bonds. The van der Waals surface area contributed by atoms with Crippen LogP contribution in [0.1, 0.15) is 33.6 Å². The van der Waals surface area contributed by atoms with Crippen molar-refractivity contribution in [2.75, 3.05) is 33.4 Å². The van der Waals surface area contributed by atoms with Gasteiger partial charge >= 0.3 is 0 Å². The van der Waals surface area contributed by atoms with E-state index in [1.807, 2.05) is 0 Å². The van der Waals surface area contributed by atoms with Crippen molar-refractivity contribution in [3.63, 3.8) is 0 Å². The lowest BCUT2D eigenvalue weighted by molar-refractivity contribution is -0.182. The Hall–Kier alpha value is -0.120. The minimum atomic E-state index is 0.0289. The third-order valence-electron chi connectivity index (χ3n) is 2.39. The Balaban J connectivity index is 2.12. The third kappa shape index (κ3) is 6.13. The summed E-state index contributed by atoms with van der Waals surface area (Å²) in [6.07, 6.45) is 2.04. The maximum atomic E-state index is 5.51. The van der Waals surface area contributed by atoms with E-state index in [1.165, 1.54) is 0 Å². The van der Waals surface area contributed by atoms with Gasteiger partial charge in [-0.3, -0.25) is 0 Å². The molecule has 0 aromatic carbocycles. The quantitative estimate of drug-likeness (QED) is 0.717. The highest BCUT2D eigenvalue weighted by Gasteiger charge is 2.17. The zero-order valence-corrected chi connectivity index (χ0v) is 10.6. The summed E-state index contributed by atoms with van der Waals surface area (Å²) in [6.45, 7) is 10.6. The Bertz CT molecular complexity index is 171. The smallest absolute Gasteiger partial charge is 0.158 e. The number of hydrogen-bond donors (Lipinski definition) is 0. The van der Waals surface area contributed by atoms with Crippen LogP contribution in [0.4, 0.5) is 0 Å². The molecular weight excluding hydrogens is 190 g/mol. The van der Waals surface area contributed by atoms with Crippen LogP contribution in [0, 0.1) is 5.41 Å². The Labute approximate surface area is 93.7 Å². The zero-order valence-electron chi connectivity index (χ0n) is 10.6. The summed E-state index contributed by atoms with van der Waals surface area (Å²) in [5.74, 6) is 0. The van der Waals surface area contributed by atoms with Gasteiger partial charge in [0.25, 0.3) is 0 Å². The van der Waals surface area contributed by atoms with Crippen molar-refractivity contribution in [1.29, 1.82) is 0 Å². The number of hydrogen-bond acceptors (Lipinski definition) is 3. The highest BCUT2D eigenvalue weighted by molar-refractivity contribution is 4.67. The van der Waals surface area contributed by atoms with Crippen LogP contribution >= 0.6 is 0 Å². The van der Waals surface area contributed by atoms with Gasteiger partial charge in [-0.2, -0.15) is 0 Å². The summed E-state index contributed by atoms with van der Waals surface area (Å²) in [4.78, 5) is 2.35.